The van der Waals surface area contributed by atoms with E-state index in [1.807, 2.05) is 0 Å². The fraction of sp³-hybridized carbons (Fsp3) is 0.385. The first-order valence-electron chi connectivity index (χ1n) is 5.94. The van der Waals surface area contributed by atoms with E-state index in [9.17, 15) is 18.4 Å². The number of nitrogens with one attached hydrogen (secondary N) is 1. The summed E-state index contributed by atoms with van der Waals surface area (Å²) in [5, 5.41) is 2.16. The minimum Gasteiger partial charge on any atom is -0.348 e. The van der Waals surface area contributed by atoms with Gasteiger partial charge in [-0.05, 0) is 19.2 Å². The highest BCUT2D eigenvalue weighted by Gasteiger charge is 2.15. The second-order valence-electron chi connectivity index (χ2n) is 4.61. The van der Waals surface area contributed by atoms with Crippen LogP contribution in [0.5, 0.6) is 0 Å². The van der Waals surface area contributed by atoms with Crippen LogP contribution in [-0.2, 0) is 9.59 Å². The van der Waals surface area contributed by atoms with Crippen molar-refractivity contribution in [3.8, 4) is 0 Å². The van der Waals surface area contributed by atoms with Crippen molar-refractivity contribution in [1.82, 2.24) is 9.80 Å². The van der Waals surface area contributed by atoms with Crippen LogP contribution in [0.3, 0.4) is 0 Å². The molecule has 0 unspecified atom stereocenters. The lowest BCUT2D eigenvalue weighted by atomic mass is 10.3. The quantitative estimate of drug-likeness (QED) is 0.875. The van der Waals surface area contributed by atoms with Crippen LogP contribution in [0.15, 0.2) is 18.2 Å². The van der Waals surface area contributed by atoms with Crippen molar-refractivity contribution in [2.75, 3.05) is 39.5 Å². The van der Waals surface area contributed by atoms with Crippen molar-refractivity contribution >= 4 is 17.5 Å². The van der Waals surface area contributed by atoms with Crippen LogP contribution in [0.2, 0.25) is 0 Å². The summed E-state index contributed by atoms with van der Waals surface area (Å²) in [5.41, 5.74) is -0.482. The van der Waals surface area contributed by atoms with E-state index in [1.165, 1.54) is 15.9 Å². The van der Waals surface area contributed by atoms with E-state index in [-0.39, 0.29) is 19.0 Å². The van der Waals surface area contributed by atoms with Crippen LogP contribution < -0.4 is 5.32 Å². The van der Waals surface area contributed by atoms with Crippen molar-refractivity contribution in [3.63, 3.8) is 0 Å². The van der Waals surface area contributed by atoms with Gasteiger partial charge in [-0.15, -0.1) is 0 Å². The van der Waals surface area contributed by atoms with Gasteiger partial charge < -0.3 is 10.2 Å². The Kier molecular flexibility index (Phi) is 5.57. The number of carbonyl (C=O) groups is 2. The minimum absolute atomic E-state index is 0.0418. The number of benzene rings is 1. The molecule has 0 spiro atoms. The predicted molar refractivity (Wildman–Crippen MR) is 71.2 cm³/mol. The Labute approximate surface area is 116 Å². The SMILES string of the molecule is CN(CC(=O)Nc1c(F)cccc1F)CC(=O)N(C)C. The molecule has 0 aliphatic heterocycles. The highest BCUT2D eigenvalue weighted by molar-refractivity contribution is 5.92. The largest absolute Gasteiger partial charge is 0.348 e. The third kappa shape index (κ3) is 4.58. The lowest BCUT2D eigenvalue weighted by Crippen LogP contribution is -2.38. The van der Waals surface area contributed by atoms with E-state index in [0.29, 0.717) is 0 Å². The van der Waals surface area contributed by atoms with Gasteiger partial charge in [0.2, 0.25) is 11.8 Å². The average Bonchev–Trinajstić information content (AvgIpc) is 2.33. The van der Waals surface area contributed by atoms with Crippen LogP contribution in [0, 0.1) is 11.6 Å². The van der Waals surface area contributed by atoms with E-state index >= 15 is 0 Å². The molecule has 0 saturated carbocycles. The Morgan fingerprint density at radius 3 is 2.15 bits per heavy atom. The van der Waals surface area contributed by atoms with Gasteiger partial charge in [0, 0.05) is 14.1 Å². The van der Waals surface area contributed by atoms with E-state index in [4.69, 9.17) is 0 Å². The first-order valence-corrected chi connectivity index (χ1v) is 5.94. The monoisotopic (exact) mass is 285 g/mol. The topological polar surface area (TPSA) is 52.7 Å². The van der Waals surface area contributed by atoms with Crippen molar-refractivity contribution in [3.05, 3.63) is 29.8 Å². The lowest BCUT2D eigenvalue weighted by Gasteiger charge is -2.18. The van der Waals surface area contributed by atoms with Gasteiger partial charge in [0.25, 0.3) is 0 Å². The standard InChI is InChI=1S/C13H17F2N3O2/c1-17(2)12(20)8-18(3)7-11(19)16-13-9(14)5-4-6-10(13)15/h4-6H,7-8H2,1-3H3,(H,16,19). The summed E-state index contributed by atoms with van der Waals surface area (Å²) in [6.07, 6.45) is 0. The van der Waals surface area contributed by atoms with Crippen LogP contribution in [0.4, 0.5) is 14.5 Å². The Morgan fingerprint density at radius 1 is 1.10 bits per heavy atom. The molecule has 0 atom stereocenters. The van der Waals surface area contributed by atoms with Crippen molar-refractivity contribution < 1.29 is 18.4 Å². The Hall–Kier alpha value is -2.02. The number of hydrogen-bond donors (Lipinski definition) is 1. The molecule has 0 saturated heterocycles. The molecule has 1 rings (SSSR count). The molecule has 1 aromatic carbocycles. The molecule has 0 fully saturated rings. The second-order valence-corrected chi connectivity index (χ2v) is 4.61. The van der Waals surface area contributed by atoms with Gasteiger partial charge in [0.15, 0.2) is 0 Å². The maximum Gasteiger partial charge on any atom is 0.238 e. The maximum atomic E-state index is 13.3. The van der Waals surface area contributed by atoms with Crippen LogP contribution in [0.25, 0.3) is 0 Å². The third-order valence-corrected chi connectivity index (χ3v) is 2.54. The third-order valence-electron chi connectivity index (χ3n) is 2.54. The first-order chi connectivity index (χ1) is 9.31. The maximum absolute atomic E-state index is 13.3. The van der Waals surface area contributed by atoms with Crippen molar-refractivity contribution in [2.24, 2.45) is 0 Å². The smallest absolute Gasteiger partial charge is 0.238 e. The van der Waals surface area contributed by atoms with Gasteiger partial charge in [-0.3, -0.25) is 14.5 Å². The summed E-state index contributed by atoms with van der Waals surface area (Å²) >= 11 is 0. The highest BCUT2D eigenvalue weighted by atomic mass is 19.1. The predicted octanol–water partition coefficient (Wildman–Crippen LogP) is 0.923. The average molecular weight is 285 g/mol. The molecule has 0 heterocycles. The van der Waals surface area contributed by atoms with E-state index in [2.05, 4.69) is 5.32 Å². The van der Waals surface area contributed by atoms with Gasteiger partial charge in [-0.25, -0.2) is 8.78 Å². The fourth-order valence-electron chi connectivity index (χ4n) is 1.47. The van der Waals surface area contributed by atoms with E-state index < -0.39 is 23.2 Å². The number of anilines is 1. The number of carbonyl (C=O) groups excluding carboxylic acids is 2. The molecule has 20 heavy (non-hydrogen) atoms. The summed E-state index contributed by atoms with van der Waals surface area (Å²) in [7, 11) is 4.77. The number of rotatable bonds is 5. The molecule has 0 aliphatic rings. The zero-order valence-corrected chi connectivity index (χ0v) is 11.6. The number of amides is 2. The van der Waals surface area contributed by atoms with E-state index in [1.54, 1.807) is 21.1 Å². The molecule has 1 N–H and O–H groups in total. The molecular weight excluding hydrogens is 268 g/mol. The van der Waals surface area contributed by atoms with Gasteiger partial charge in [-0.2, -0.15) is 0 Å². The molecule has 5 nitrogen and oxygen atoms in total. The Morgan fingerprint density at radius 2 is 1.65 bits per heavy atom. The summed E-state index contributed by atoms with van der Waals surface area (Å²) in [5.74, 6) is -2.45. The molecule has 0 radical (unpaired) electrons. The summed E-state index contributed by atoms with van der Waals surface area (Å²) < 4.78 is 26.7. The molecule has 0 aromatic heterocycles. The Balaban J connectivity index is 2.58. The van der Waals surface area contributed by atoms with E-state index in [0.717, 1.165) is 12.1 Å². The highest BCUT2D eigenvalue weighted by Crippen LogP contribution is 2.17. The fourth-order valence-corrected chi connectivity index (χ4v) is 1.47. The summed E-state index contributed by atoms with van der Waals surface area (Å²) in [6, 6.07) is 3.32. The normalized spacial score (nSPS) is 10.5. The van der Waals surface area contributed by atoms with Crippen LogP contribution in [-0.4, -0.2) is 55.8 Å². The lowest BCUT2D eigenvalue weighted by molar-refractivity contribution is -0.130. The zero-order chi connectivity index (χ0) is 15.3. The van der Waals surface area contributed by atoms with Crippen LogP contribution in [0.1, 0.15) is 0 Å². The van der Waals surface area contributed by atoms with Crippen molar-refractivity contribution in [2.45, 2.75) is 0 Å². The summed E-state index contributed by atoms with van der Waals surface area (Å²) in [4.78, 5) is 26.0. The number of likely N-dealkylation sites (N-methyl/N-ethyl adjacent to an activating group) is 2. The second kappa shape index (κ2) is 6.95. The number of halogens is 2. The number of para-hydroxylation sites is 1. The first kappa shape index (κ1) is 16.0. The molecule has 110 valence electrons. The van der Waals surface area contributed by atoms with Crippen LogP contribution >= 0.6 is 0 Å². The number of nitrogens with zero attached hydrogens (tertiary/aromatic N) is 2. The zero-order valence-electron chi connectivity index (χ0n) is 11.6. The van der Waals surface area contributed by atoms with Gasteiger partial charge >= 0.3 is 0 Å². The van der Waals surface area contributed by atoms with Gasteiger partial charge in [-0.1, -0.05) is 6.07 Å². The van der Waals surface area contributed by atoms with Gasteiger partial charge in [0.05, 0.1) is 13.1 Å². The molecular formula is C13H17F2N3O2. The van der Waals surface area contributed by atoms with Gasteiger partial charge in [0.1, 0.15) is 17.3 Å². The summed E-state index contributed by atoms with van der Waals surface area (Å²) in [6.45, 7) is -0.104. The number of hydrogen-bond acceptors (Lipinski definition) is 3. The minimum atomic E-state index is -0.842. The molecule has 1 aromatic rings. The van der Waals surface area contributed by atoms with Crippen molar-refractivity contribution in [1.29, 1.82) is 0 Å². The molecule has 7 heteroatoms. The Bertz CT molecular complexity index is 486. The molecule has 0 bridgehead atoms. The molecule has 2 amide bonds. The molecule has 0 aliphatic carbocycles.